The van der Waals surface area contributed by atoms with Crippen LogP contribution in [0.1, 0.15) is 0 Å². The van der Waals surface area contributed by atoms with Gasteiger partial charge >= 0.3 is 5.69 Å². The normalized spacial score (nSPS) is 10.2. The molecule has 2 rings (SSSR count). The molecule has 0 saturated heterocycles. The van der Waals surface area contributed by atoms with Gasteiger partial charge < -0.3 is 9.47 Å². The van der Waals surface area contributed by atoms with Crippen molar-refractivity contribution in [1.82, 2.24) is 4.98 Å². The number of halogens is 2. The minimum Gasteiger partial charge on any atom is -0.497 e. The number of aromatic nitrogens is 1. The van der Waals surface area contributed by atoms with Crippen LogP contribution >= 0.6 is 27.5 Å². The first-order valence-corrected chi connectivity index (χ1v) is 6.49. The molecular formula is C12H8BrClN2O4. The Morgan fingerprint density at radius 3 is 2.75 bits per heavy atom. The Hall–Kier alpha value is -1.86. The summed E-state index contributed by atoms with van der Waals surface area (Å²) >= 11 is 9.18. The zero-order valence-corrected chi connectivity index (χ0v) is 12.5. The van der Waals surface area contributed by atoms with Gasteiger partial charge in [0.25, 0.3) is 0 Å². The molecule has 0 unspecified atom stereocenters. The highest BCUT2D eigenvalue weighted by Crippen LogP contribution is 2.36. The van der Waals surface area contributed by atoms with Crippen LogP contribution in [-0.2, 0) is 0 Å². The van der Waals surface area contributed by atoms with Gasteiger partial charge in [-0.2, -0.15) is 0 Å². The number of nitro groups is 1. The lowest BCUT2D eigenvalue weighted by atomic mass is 10.3. The summed E-state index contributed by atoms with van der Waals surface area (Å²) in [5, 5.41) is 11.2. The maximum Gasteiger partial charge on any atom is 0.311 e. The molecule has 1 aromatic heterocycles. The molecule has 0 bridgehead atoms. The number of nitrogens with zero attached hydrogens (tertiary/aromatic N) is 2. The summed E-state index contributed by atoms with van der Waals surface area (Å²) in [6.07, 6.45) is 1.48. The molecule has 0 aliphatic rings. The first-order valence-electron chi connectivity index (χ1n) is 5.32. The van der Waals surface area contributed by atoms with Crippen molar-refractivity contribution in [2.75, 3.05) is 7.11 Å². The Morgan fingerprint density at radius 2 is 2.15 bits per heavy atom. The molecule has 0 radical (unpaired) electrons. The molecule has 1 heterocycles. The first-order chi connectivity index (χ1) is 9.51. The summed E-state index contributed by atoms with van der Waals surface area (Å²) in [6, 6.07) is 5.75. The lowest BCUT2D eigenvalue weighted by Crippen LogP contribution is -1.96. The topological polar surface area (TPSA) is 74.5 Å². The Balaban J connectivity index is 2.43. The van der Waals surface area contributed by atoms with Crippen LogP contribution in [0.4, 0.5) is 5.69 Å². The molecule has 8 heteroatoms. The number of hydrogen-bond donors (Lipinski definition) is 0. The predicted molar refractivity (Wildman–Crippen MR) is 76.7 cm³/mol. The molecule has 6 nitrogen and oxygen atoms in total. The fourth-order valence-corrected chi connectivity index (χ4v) is 2.10. The van der Waals surface area contributed by atoms with Crippen LogP contribution in [0, 0.1) is 10.1 Å². The van der Waals surface area contributed by atoms with Gasteiger partial charge in [-0.25, -0.2) is 4.98 Å². The standard InChI is InChI=1S/C12H8BrClN2O4/c1-19-8-2-3-10(16(17)18)11(5-8)20-12-9(14)4-7(13)6-15-12/h2-6H,1H3. The summed E-state index contributed by atoms with van der Waals surface area (Å²) in [6.45, 7) is 0. The van der Waals surface area contributed by atoms with Crippen LogP contribution < -0.4 is 9.47 Å². The number of pyridine rings is 1. The van der Waals surface area contributed by atoms with E-state index in [2.05, 4.69) is 20.9 Å². The fourth-order valence-electron chi connectivity index (χ4n) is 1.44. The molecule has 0 amide bonds. The Bertz CT molecular complexity index is 666. The summed E-state index contributed by atoms with van der Waals surface area (Å²) in [5.74, 6) is 0.510. The van der Waals surface area contributed by atoms with Gasteiger partial charge in [0.15, 0.2) is 0 Å². The maximum absolute atomic E-state index is 11.0. The van der Waals surface area contributed by atoms with E-state index in [0.29, 0.717) is 10.2 Å². The van der Waals surface area contributed by atoms with E-state index < -0.39 is 4.92 Å². The van der Waals surface area contributed by atoms with Crippen molar-refractivity contribution in [3.8, 4) is 17.4 Å². The molecule has 0 N–H and O–H groups in total. The van der Waals surface area contributed by atoms with Gasteiger partial charge in [-0.05, 0) is 28.1 Å². The lowest BCUT2D eigenvalue weighted by Gasteiger charge is -2.08. The van der Waals surface area contributed by atoms with Gasteiger partial charge in [0, 0.05) is 22.8 Å². The van der Waals surface area contributed by atoms with Gasteiger partial charge in [0.1, 0.15) is 10.8 Å². The highest BCUT2D eigenvalue weighted by molar-refractivity contribution is 9.10. The maximum atomic E-state index is 11.0. The van der Waals surface area contributed by atoms with E-state index in [-0.39, 0.29) is 22.3 Å². The second-order valence-electron chi connectivity index (χ2n) is 3.63. The predicted octanol–water partition coefficient (Wildman–Crippen LogP) is 4.21. The molecule has 0 aliphatic heterocycles. The Morgan fingerprint density at radius 1 is 1.40 bits per heavy atom. The van der Waals surface area contributed by atoms with Crippen molar-refractivity contribution in [2.45, 2.75) is 0 Å². The number of nitro benzene ring substituents is 1. The zero-order chi connectivity index (χ0) is 14.7. The monoisotopic (exact) mass is 358 g/mol. The van der Waals surface area contributed by atoms with Crippen LogP contribution in [0.3, 0.4) is 0 Å². The molecular weight excluding hydrogens is 351 g/mol. The van der Waals surface area contributed by atoms with Gasteiger partial charge in [-0.1, -0.05) is 11.6 Å². The van der Waals surface area contributed by atoms with Gasteiger partial charge in [0.2, 0.25) is 11.6 Å². The van der Waals surface area contributed by atoms with E-state index >= 15 is 0 Å². The van der Waals surface area contributed by atoms with Crippen LogP contribution in [0.25, 0.3) is 0 Å². The molecule has 20 heavy (non-hydrogen) atoms. The van der Waals surface area contributed by atoms with Crippen molar-refractivity contribution in [3.63, 3.8) is 0 Å². The van der Waals surface area contributed by atoms with Crippen LogP contribution in [0.15, 0.2) is 34.9 Å². The molecule has 0 spiro atoms. The molecule has 0 atom stereocenters. The number of methoxy groups -OCH3 is 1. The van der Waals surface area contributed by atoms with Gasteiger partial charge in [-0.15, -0.1) is 0 Å². The second-order valence-corrected chi connectivity index (χ2v) is 4.96. The molecule has 2 aromatic rings. The van der Waals surface area contributed by atoms with Crippen molar-refractivity contribution in [3.05, 3.63) is 50.1 Å². The number of rotatable bonds is 4. The van der Waals surface area contributed by atoms with E-state index in [1.807, 2.05) is 0 Å². The summed E-state index contributed by atoms with van der Waals surface area (Å²) in [4.78, 5) is 14.4. The van der Waals surface area contributed by atoms with Gasteiger partial charge in [0.05, 0.1) is 12.0 Å². The Kier molecular flexibility index (Phi) is 4.41. The quantitative estimate of drug-likeness (QED) is 0.604. The number of hydrogen-bond acceptors (Lipinski definition) is 5. The molecule has 0 aliphatic carbocycles. The summed E-state index contributed by atoms with van der Waals surface area (Å²) < 4.78 is 11.1. The molecule has 104 valence electrons. The first kappa shape index (κ1) is 14.5. The highest BCUT2D eigenvalue weighted by atomic mass is 79.9. The van der Waals surface area contributed by atoms with Crippen molar-refractivity contribution < 1.29 is 14.4 Å². The summed E-state index contributed by atoms with van der Waals surface area (Å²) in [7, 11) is 1.45. The molecule has 0 fully saturated rings. The van der Waals surface area contributed by atoms with Crippen LogP contribution in [-0.4, -0.2) is 17.0 Å². The zero-order valence-electron chi connectivity index (χ0n) is 10.2. The SMILES string of the molecule is COc1ccc([N+](=O)[O-])c(Oc2ncc(Br)cc2Cl)c1. The molecule has 1 aromatic carbocycles. The van der Waals surface area contributed by atoms with E-state index in [4.69, 9.17) is 21.1 Å². The third-order valence-electron chi connectivity index (χ3n) is 2.34. The minimum absolute atomic E-state index is 0.00562. The van der Waals surface area contributed by atoms with Crippen molar-refractivity contribution in [2.24, 2.45) is 0 Å². The number of benzene rings is 1. The van der Waals surface area contributed by atoms with E-state index in [1.165, 1.54) is 31.5 Å². The largest absolute Gasteiger partial charge is 0.497 e. The van der Waals surface area contributed by atoms with E-state index in [9.17, 15) is 10.1 Å². The lowest BCUT2D eigenvalue weighted by molar-refractivity contribution is -0.385. The minimum atomic E-state index is -0.554. The third-order valence-corrected chi connectivity index (χ3v) is 3.05. The smallest absolute Gasteiger partial charge is 0.311 e. The second kappa shape index (κ2) is 6.06. The van der Waals surface area contributed by atoms with Crippen LogP contribution in [0.2, 0.25) is 5.02 Å². The van der Waals surface area contributed by atoms with Crippen LogP contribution in [0.5, 0.6) is 17.4 Å². The van der Waals surface area contributed by atoms with E-state index in [0.717, 1.165) is 0 Å². The average molecular weight is 360 g/mol. The Labute approximate surface area is 127 Å². The number of ether oxygens (including phenoxy) is 2. The van der Waals surface area contributed by atoms with E-state index in [1.54, 1.807) is 6.07 Å². The van der Waals surface area contributed by atoms with Crippen molar-refractivity contribution >= 4 is 33.2 Å². The van der Waals surface area contributed by atoms with Crippen molar-refractivity contribution in [1.29, 1.82) is 0 Å². The summed E-state index contributed by atoms with van der Waals surface area (Å²) in [5.41, 5.74) is -0.202. The van der Waals surface area contributed by atoms with Gasteiger partial charge in [-0.3, -0.25) is 10.1 Å². The third kappa shape index (κ3) is 3.17. The fraction of sp³-hybridized carbons (Fsp3) is 0.0833. The highest BCUT2D eigenvalue weighted by Gasteiger charge is 2.18. The molecule has 0 saturated carbocycles. The average Bonchev–Trinajstić information content (AvgIpc) is 2.41.